The topological polar surface area (TPSA) is 0 Å². The van der Waals surface area contributed by atoms with Crippen LogP contribution >= 0.6 is 0 Å². The fraction of sp³-hybridized carbons (Fsp3) is 0.500. The van der Waals surface area contributed by atoms with Gasteiger partial charge >= 0.3 is 0 Å². The summed E-state index contributed by atoms with van der Waals surface area (Å²) in [7, 11) is 0. The molecule has 2 radical (unpaired) electrons. The van der Waals surface area contributed by atoms with Crippen LogP contribution in [0.25, 0.3) is 0 Å². The Morgan fingerprint density at radius 1 is 2.00 bits per heavy atom. The Kier molecular flexibility index (Phi) is 2.58. The van der Waals surface area contributed by atoms with Gasteiger partial charge in [-0.15, -0.1) is 0 Å². The highest BCUT2D eigenvalue weighted by atomic mass is 13.9. The maximum Gasteiger partial charge on any atom is 0.0125 e. The molecule has 0 rings (SSSR count). The summed E-state index contributed by atoms with van der Waals surface area (Å²) < 4.78 is 0. The van der Waals surface area contributed by atoms with Crippen LogP contribution in [0.15, 0.2) is 0 Å². The average molecular weight is 80.1 g/mol. The van der Waals surface area contributed by atoms with E-state index in [-0.39, 0.29) is 0 Å². The monoisotopic (exact) mass is 80.1 g/mol. The van der Waals surface area contributed by atoms with Crippen molar-refractivity contribution in [2.24, 2.45) is 5.92 Å². The minimum absolute atomic E-state index is 0.350. The summed E-state index contributed by atoms with van der Waals surface area (Å²) in [4.78, 5) is 0. The molecule has 0 saturated carbocycles. The van der Waals surface area contributed by atoms with Gasteiger partial charge in [0.2, 0.25) is 0 Å². The molecule has 0 heterocycles. The lowest BCUT2D eigenvalue weighted by Crippen LogP contribution is -1.80. The molecule has 0 aromatic carbocycles. The molecule has 6 heavy (non-hydrogen) atoms. The van der Waals surface area contributed by atoms with Crippen LogP contribution < -0.4 is 0 Å². The van der Waals surface area contributed by atoms with Crippen molar-refractivity contribution in [2.45, 2.75) is 13.3 Å². The second kappa shape index (κ2) is 2.78. The Morgan fingerprint density at radius 3 is 2.50 bits per heavy atom. The standard InChI is InChI=1S/C6H8/c1-4-5-6(2)3/h6H,2,5H2,3H3. The molecule has 32 valence electrons. The zero-order valence-corrected chi connectivity index (χ0v) is 3.99. The van der Waals surface area contributed by atoms with Crippen molar-refractivity contribution < 1.29 is 0 Å². The molecule has 0 aliphatic carbocycles. The molecule has 0 aromatic heterocycles. The molecule has 0 spiro atoms. The Bertz CT molecular complexity index is 54.9. The van der Waals surface area contributed by atoms with E-state index in [0.29, 0.717) is 12.3 Å². The van der Waals surface area contributed by atoms with Crippen LogP contribution in [0.4, 0.5) is 0 Å². The number of rotatable bonds is 1. The van der Waals surface area contributed by atoms with E-state index in [1.54, 1.807) is 0 Å². The van der Waals surface area contributed by atoms with Crippen molar-refractivity contribution >= 4 is 0 Å². The molecule has 0 aliphatic rings. The van der Waals surface area contributed by atoms with Gasteiger partial charge < -0.3 is 0 Å². The van der Waals surface area contributed by atoms with E-state index < -0.39 is 0 Å². The van der Waals surface area contributed by atoms with Crippen LogP contribution in [0.2, 0.25) is 0 Å². The summed E-state index contributed by atoms with van der Waals surface area (Å²) in [5.74, 6) is 2.60. The van der Waals surface area contributed by atoms with Crippen molar-refractivity contribution in [1.29, 1.82) is 0 Å². The van der Waals surface area contributed by atoms with Crippen LogP contribution in [-0.2, 0) is 0 Å². The first-order valence-electron chi connectivity index (χ1n) is 2.00. The third-order valence-electron chi connectivity index (χ3n) is 0.451. The summed E-state index contributed by atoms with van der Waals surface area (Å²) in [6.45, 7) is 5.61. The van der Waals surface area contributed by atoms with Gasteiger partial charge in [0.15, 0.2) is 0 Å². The van der Waals surface area contributed by atoms with E-state index in [1.807, 2.05) is 6.92 Å². The molecule has 0 N–H and O–H groups in total. The zero-order valence-electron chi connectivity index (χ0n) is 3.99. The molecule has 0 saturated heterocycles. The minimum Gasteiger partial charge on any atom is -0.0888 e. The van der Waals surface area contributed by atoms with Crippen molar-refractivity contribution in [1.82, 2.24) is 0 Å². The smallest absolute Gasteiger partial charge is 0.0125 e. The van der Waals surface area contributed by atoms with Gasteiger partial charge in [-0.1, -0.05) is 12.8 Å². The summed E-state index contributed by atoms with van der Waals surface area (Å²) in [6, 6.07) is 0. The van der Waals surface area contributed by atoms with Crippen LogP contribution in [-0.4, -0.2) is 0 Å². The van der Waals surface area contributed by atoms with Crippen LogP contribution in [0.3, 0.4) is 0 Å². The van der Waals surface area contributed by atoms with E-state index in [9.17, 15) is 0 Å². The number of hydrogen-bond acceptors (Lipinski definition) is 0. The molecule has 0 amide bonds. The van der Waals surface area contributed by atoms with Gasteiger partial charge in [-0.25, -0.2) is 0 Å². The molecule has 0 nitrogen and oxygen atoms in total. The van der Waals surface area contributed by atoms with Gasteiger partial charge in [-0.2, -0.15) is 0 Å². The van der Waals surface area contributed by atoms with Crippen LogP contribution in [0.1, 0.15) is 13.3 Å². The van der Waals surface area contributed by atoms with E-state index in [1.165, 1.54) is 0 Å². The lowest BCUT2D eigenvalue weighted by atomic mass is 10.1. The van der Waals surface area contributed by atoms with Gasteiger partial charge in [0.05, 0.1) is 0 Å². The summed E-state index contributed by atoms with van der Waals surface area (Å²) in [5, 5.41) is 0. The third kappa shape index (κ3) is 3.56. The van der Waals surface area contributed by atoms with Crippen LogP contribution in [0.5, 0.6) is 0 Å². The lowest BCUT2D eigenvalue weighted by Gasteiger charge is -1.89. The van der Waals surface area contributed by atoms with Crippen molar-refractivity contribution in [3.8, 4) is 5.92 Å². The van der Waals surface area contributed by atoms with Gasteiger partial charge in [0, 0.05) is 6.42 Å². The Morgan fingerprint density at radius 2 is 2.50 bits per heavy atom. The molecule has 0 bridgehead atoms. The first-order chi connectivity index (χ1) is 2.77. The van der Waals surface area contributed by atoms with E-state index in [4.69, 9.17) is 6.42 Å². The highest BCUT2D eigenvalue weighted by Gasteiger charge is 1.83. The maximum absolute atomic E-state index is 6.44. The third-order valence-corrected chi connectivity index (χ3v) is 0.451. The minimum atomic E-state index is 0.350. The highest BCUT2D eigenvalue weighted by molar-refractivity contribution is 4.78. The summed E-state index contributed by atoms with van der Waals surface area (Å²) in [5.41, 5.74) is 0. The summed E-state index contributed by atoms with van der Waals surface area (Å²) >= 11 is 0. The first kappa shape index (κ1) is 5.56. The molecule has 1 atom stereocenters. The van der Waals surface area contributed by atoms with E-state index in [2.05, 4.69) is 12.8 Å². The molecule has 0 aromatic rings. The predicted octanol–water partition coefficient (Wildman–Crippen LogP) is 1.44. The highest BCUT2D eigenvalue weighted by Crippen LogP contribution is 1.93. The fourth-order valence-electron chi connectivity index (χ4n) is 0.174. The van der Waals surface area contributed by atoms with Gasteiger partial charge in [0.25, 0.3) is 0 Å². The van der Waals surface area contributed by atoms with Crippen molar-refractivity contribution in [2.75, 3.05) is 0 Å². The fourth-order valence-corrected chi connectivity index (χ4v) is 0.174. The maximum atomic E-state index is 6.44. The largest absolute Gasteiger partial charge is 0.0888 e. The van der Waals surface area contributed by atoms with Gasteiger partial charge in [-0.05, 0) is 19.3 Å². The Labute approximate surface area is 39.6 Å². The first-order valence-corrected chi connectivity index (χ1v) is 2.00. The normalized spacial score (nSPS) is 8.33. The second-order valence-electron chi connectivity index (χ2n) is 1.49. The molecule has 0 aliphatic heterocycles. The van der Waals surface area contributed by atoms with Crippen molar-refractivity contribution in [3.05, 3.63) is 13.3 Å². The SMILES string of the molecule is [C]#CCC([CH2])C. The second-order valence-corrected chi connectivity index (χ2v) is 1.49. The zero-order chi connectivity index (χ0) is 4.99. The average Bonchev–Trinajstić information content (AvgIpc) is 1.35. The van der Waals surface area contributed by atoms with E-state index in [0.717, 1.165) is 0 Å². The molecular formula is C6H8. The Balaban J connectivity index is 2.88. The quantitative estimate of drug-likeness (QED) is 0.418. The molecule has 1 unspecified atom stereocenters. The molecule has 0 fully saturated rings. The lowest BCUT2D eigenvalue weighted by molar-refractivity contribution is 0.754. The molecule has 0 heteroatoms. The van der Waals surface area contributed by atoms with Crippen LogP contribution in [0, 0.1) is 25.2 Å². The molecular weight excluding hydrogens is 72.1 g/mol. The van der Waals surface area contributed by atoms with Gasteiger partial charge in [0.1, 0.15) is 0 Å². The number of hydrogen-bond donors (Lipinski definition) is 0. The Hall–Kier alpha value is -0.440. The van der Waals surface area contributed by atoms with E-state index >= 15 is 0 Å². The summed E-state index contributed by atoms with van der Waals surface area (Å²) in [6.07, 6.45) is 7.12. The van der Waals surface area contributed by atoms with Gasteiger partial charge in [-0.3, -0.25) is 0 Å². The van der Waals surface area contributed by atoms with Crippen molar-refractivity contribution in [3.63, 3.8) is 0 Å². The predicted molar refractivity (Wildman–Crippen MR) is 26.3 cm³/mol.